The Labute approximate surface area is 158 Å². The maximum absolute atomic E-state index is 10.4. The van der Waals surface area contributed by atoms with Crippen LogP contribution in [0.1, 0.15) is 19.8 Å². The molecule has 0 aromatic heterocycles. The van der Waals surface area contributed by atoms with Crippen LogP contribution in [0.4, 0.5) is 0 Å². The van der Waals surface area contributed by atoms with Crippen LogP contribution in [-0.2, 0) is 18.9 Å². The molecule has 8 atom stereocenters. The van der Waals surface area contributed by atoms with Crippen molar-refractivity contribution in [2.75, 3.05) is 34.0 Å². The summed E-state index contributed by atoms with van der Waals surface area (Å²) in [6.45, 7) is 1.05. The van der Waals surface area contributed by atoms with E-state index < -0.39 is 55.8 Å². The van der Waals surface area contributed by atoms with Crippen molar-refractivity contribution < 1.29 is 54.7 Å². The summed E-state index contributed by atoms with van der Waals surface area (Å²) in [7, 11) is 2.44. The highest BCUT2D eigenvalue weighted by Crippen LogP contribution is 2.20. The maximum atomic E-state index is 10.4. The Bertz CT molecular complexity index is 359. The first-order chi connectivity index (χ1) is 12.8. The van der Waals surface area contributed by atoms with Crippen molar-refractivity contribution in [2.24, 2.45) is 0 Å². The van der Waals surface area contributed by atoms with Crippen molar-refractivity contribution in [3.8, 4) is 0 Å². The minimum Gasteiger partial charge on any atom is -0.396 e. The zero-order valence-corrected chi connectivity index (χ0v) is 15.9. The molecule has 0 aliphatic heterocycles. The Balaban J connectivity index is 5.38. The predicted molar refractivity (Wildman–Crippen MR) is 91.5 cm³/mol. The molecular formula is C16H34O11. The van der Waals surface area contributed by atoms with Crippen molar-refractivity contribution in [1.29, 1.82) is 0 Å². The lowest BCUT2D eigenvalue weighted by Gasteiger charge is -2.36. The second kappa shape index (κ2) is 14.5. The highest BCUT2D eigenvalue weighted by molar-refractivity contribution is 4.83. The molecule has 0 saturated carbocycles. The van der Waals surface area contributed by atoms with Crippen LogP contribution in [0, 0.1) is 0 Å². The van der Waals surface area contributed by atoms with Crippen molar-refractivity contribution in [3.63, 3.8) is 0 Å². The predicted octanol–water partition coefficient (Wildman–Crippen LogP) is -3.08. The first kappa shape index (κ1) is 26.6. The molecule has 27 heavy (non-hydrogen) atoms. The summed E-state index contributed by atoms with van der Waals surface area (Å²) < 4.78 is 20.9. The zero-order chi connectivity index (χ0) is 21.0. The molecule has 0 heterocycles. The zero-order valence-electron chi connectivity index (χ0n) is 15.9. The van der Waals surface area contributed by atoms with Crippen LogP contribution in [-0.4, -0.2) is 119 Å². The number of aliphatic hydroxyl groups is 7. The second-order valence-corrected chi connectivity index (χ2v) is 5.90. The molecule has 11 nitrogen and oxygen atoms in total. The average molecular weight is 402 g/mol. The van der Waals surface area contributed by atoms with Crippen molar-refractivity contribution >= 4 is 0 Å². The average Bonchev–Trinajstić information content (AvgIpc) is 2.66. The molecule has 7 N–H and O–H groups in total. The van der Waals surface area contributed by atoms with Gasteiger partial charge in [-0.05, 0) is 19.8 Å². The molecule has 0 aromatic carbocycles. The molecule has 0 saturated heterocycles. The van der Waals surface area contributed by atoms with E-state index in [1.807, 2.05) is 0 Å². The Morgan fingerprint density at radius 2 is 1.19 bits per heavy atom. The Kier molecular flexibility index (Phi) is 14.3. The van der Waals surface area contributed by atoms with Gasteiger partial charge in [0, 0.05) is 34.0 Å². The fraction of sp³-hybridized carbons (Fsp3) is 1.00. The largest absolute Gasteiger partial charge is 0.396 e. The summed E-state index contributed by atoms with van der Waals surface area (Å²) in [5, 5.41) is 68.0. The van der Waals surface area contributed by atoms with Gasteiger partial charge in [0.05, 0.1) is 12.2 Å². The van der Waals surface area contributed by atoms with Gasteiger partial charge < -0.3 is 54.7 Å². The molecule has 8 unspecified atom stereocenters. The van der Waals surface area contributed by atoms with Gasteiger partial charge in [0.15, 0.2) is 12.6 Å². The number of aliphatic hydroxyl groups excluding tert-OH is 7. The summed E-state index contributed by atoms with van der Waals surface area (Å²) in [6, 6.07) is 0. The van der Waals surface area contributed by atoms with E-state index in [2.05, 4.69) is 0 Å². The van der Waals surface area contributed by atoms with E-state index in [0.29, 0.717) is 0 Å². The molecule has 0 aromatic rings. The normalized spacial score (nSPS) is 21.1. The minimum atomic E-state index is -1.75. The summed E-state index contributed by atoms with van der Waals surface area (Å²) in [5.41, 5.74) is 0. The molecule has 0 rings (SSSR count). The molecule has 11 heteroatoms. The quantitative estimate of drug-likeness (QED) is 0.130. The molecule has 0 aliphatic rings. The van der Waals surface area contributed by atoms with E-state index in [1.54, 1.807) is 6.92 Å². The Morgan fingerprint density at radius 3 is 1.59 bits per heavy atom. The number of methoxy groups -OCH3 is 2. The van der Waals surface area contributed by atoms with Gasteiger partial charge in [-0.25, -0.2) is 0 Å². The van der Waals surface area contributed by atoms with E-state index in [1.165, 1.54) is 7.11 Å². The summed E-state index contributed by atoms with van der Waals surface area (Å²) in [5.74, 6) is 0. The maximum Gasteiger partial charge on any atom is 0.186 e. The monoisotopic (exact) mass is 402 g/mol. The van der Waals surface area contributed by atoms with Gasteiger partial charge in [0.2, 0.25) is 0 Å². The fourth-order valence-electron chi connectivity index (χ4n) is 2.41. The van der Waals surface area contributed by atoms with E-state index >= 15 is 0 Å². The fourth-order valence-corrected chi connectivity index (χ4v) is 2.41. The Morgan fingerprint density at radius 1 is 0.704 bits per heavy atom. The lowest BCUT2D eigenvalue weighted by Crippen LogP contribution is -2.54. The number of rotatable bonds is 16. The van der Waals surface area contributed by atoms with Crippen molar-refractivity contribution in [2.45, 2.75) is 69.0 Å². The third-order valence-corrected chi connectivity index (χ3v) is 3.96. The van der Waals surface area contributed by atoms with Gasteiger partial charge in [-0.2, -0.15) is 0 Å². The van der Waals surface area contributed by atoms with Crippen molar-refractivity contribution in [3.05, 3.63) is 0 Å². The first-order valence-corrected chi connectivity index (χ1v) is 8.73. The van der Waals surface area contributed by atoms with E-state index in [0.717, 1.165) is 7.11 Å². The number of hydrogen-bond acceptors (Lipinski definition) is 11. The molecule has 164 valence electrons. The van der Waals surface area contributed by atoms with Crippen LogP contribution < -0.4 is 0 Å². The van der Waals surface area contributed by atoms with Crippen LogP contribution in [0.3, 0.4) is 0 Å². The molecule has 0 fully saturated rings. The third kappa shape index (κ3) is 8.62. The highest BCUT2D eigenvalue weighted by Gasteiger charge is 2.40. The lowest BCUT2D eigenvalue weighted by atomic mass is 10.0. The van der Waals surface area contributed by atoms with Crippen LogP contribution in [0.5, 0.6) is 0 Å². The smallest absolute Gasteiger partial charge is 0.186 e. The van der Waals surface area contributed by atoms with Gasteiger partial charge in [-0.3, -0.25) is 0 Å². The molecule has 0 bridgehead atoms. The van der Waals surface area contributed by atoms with Crippen molar-refractivity contribution in [1.82, 2.24) is 0 Å². The number of ether oxygens (including phenoxy) is 4. The van der Waals surface area contributed by atoms with Gasteiger partial charge in [-0.1, -0.05) is 0 Å². The molecule has 0 radical (unpaired) electrons. The Hall–Kier alpha value is -0.440. The third-order valence-electron chi connectivity index (χ3n) is 3.96. The van der Waals surface area contributed by atoms with E-state index in [9.17, 15) is 25.5 Å². The molecule has 0 spiro atoms. The van der Waals surface area contributed by atoms with Crippen LogP contribution in [0.15, 0.2) is 0 Å². The van der Waals surface area contributed by atoms with Gasteiger partial charge >= 0.3 is 0 Å². The van der Waals surface area contributed by atoms with Crippen LogP contribution in [0.25, 0.3) is 0 Å². The SMILES string of the molecule is CCOC(OC)C(OC(OC)C(O)C(O)C(O)CCO)C(O)C(O)CCO. The van der Waals surface area contributed by atoms with E-state index in [-0.39, 0.29) is 26.1 Å². The highest BCUT2D eigenvalue weighted by atomic mass is 16.7. The van der Waals surface area contributed by atoms with E-state index in [4.69, 9.17) is 29.2 Å². The first-order valence-electron chi connectivity index (χ1n) is 8.73. The summed E-state index contributed by atoms with van der Waals surface area (Å²) in [4.78, 5) is 0. The molecule has 0 aliphatic carbocycles. The van der Waals surface area contributed by atoms with Crippen LogP contribution >= 0.6 is 0 Å². The number of hydrogen-bond donors (Lipinski definition) is 7. The molecule has 0 amide bonds. The summed E-state index contributed by atoms with van der Waals surface area (Å²) in [6.07, 6.45) is -12.3. The minimum absolute atomic E-state index is 0.151. The van der Waals surface area contributed by atoms with Gasteiger partial charge in [0.25, 0.3) is 0 Å². The van der Waals surface area contributed by atoms with Gasteiger partial charge in [0.1, 0.15) is 24.4 Å². The van der Waals surface area contributed by atoms with Crippen LogP contribution in [0.2, 0.25) is 0 Å². The summed E-state index contributed by atoms with van der Waals surface area (Å²) >= 11 is 0. The second-order valence-electron chi connectivity index (χ2n) is 5.90. The lowest BCUT2D eigenvalue weighted by molar-refractivity contribution is -0.298. The molecular weight excluding hydrogens is 368 g/mol. The standard InChI is InChI=1S/C16H34O11/c1-4-26-16(25-3)14(12(22)10(20)6-8-18)27-15(24-2)13(23)11(21)9(19)5-7-17/h9-23H,4-8H2,1-3H3. The topological polar surface area (TPSA) is 179 Å². The van der Waals surface area contributed by atoms with Gasteiger partial charge in [-0.15, -0.1) is 0 Å².